The Hall–Kier alpha value is -1.07. The van der Waals surface area contributed by atoms with Gasteiger partial charge in [-0.1, -0.05) is 12.1 Å². The van der Waals surface area contributed by atoms with Gasteiger partial charge < -0.3 is 14.7 Å². The van der Waals surface area contributed by atoms with E-state index in [1.807, 2.05) is 0 Å². The lowest BCUT2D eigenvalue weighted by atomic mass is 10.2. The maximum atomic E-state index is 12.6. The Morgan fingerprint density at radius 3 is 2.45 bits per heavy atom. The van der Waals surface area contributed by atoms with Crippen LogP contribution in [-0.2, 0) is 0 Å². The fourth-order valence-corrected chi connectivity index (χ4v) is 0.654. The van der Waals surface area contributed by atoms with Crippen molar-refractivity contribution in [1.82, 2.24) is 0 Å². The zero-order chi connectivity index (χ0) is 8.27. The number of hydrogen-bond acceptors (Lipinski definition) is 3. The van der Waals surface area contributed by atoms with Crippen LogP contribution in [0, 0.1) is 5.82 Å². The summed E-state index contributed by atoms with van der Waals surface area (Å²) in [6.07, 6.45) is 0. The van der Waals surface area contributed by atoms with E-state index in [0.29, 0.717) is 0 Å². The second-order valence-electron chi connectivity index (χ2n) is 1.87. The van der Waals surface area contributed by atoms with Gasteiger partial charge in [-0.2, -0.15) is 0 Å². The van der Waals surface area contributed by atoms with Crippen molar-refractivity contribution in [3.8, 4) is 5.75 Å². The lowest BCUT2D eigenvalue weighted by Crippen LogP contribution is -2.21. The minimum atomic E-state index is -1.98. The number of para-hydroxylation sites is 1. The van der Waals surface area contributed by atoms with Gasteiger partial charge in [-0.3, -0.25) is 0 Å². The SMILES string of the molecule is OB(O)Oc1ccccc1F. The second-order valence-corrected chi connectivity index (χ2v) is 1.87. The highest BCUT2D eigenvalue weighted by atomic mass is 19.1. The summed E-state index contributed by atoms with van der Waals surface area (Å²) in [6.45, 7) is 0. The summed E-state index contributed by atoms with van der Waals surface area (Å²) in [5.41, 5.74) is 0. The molecule has 58 valence electrons. The summed E-state index contributed by atoms with van der Waals surface area (Å²) < 4.78 is 16.9. The van der Waals surface area contributed by atoms with E-state index in [1.165, 1.54) is 18.2 Å². The number of halogens is 1. The molecule has 2 N–H and O–H groups in total. The molecule has 11 heavy (non-hydrogen) atoms. The lowest BCUT2D eigenvalue weighted by Gasteiger charge is -2.03. The average Bonchev–Trinajstić information content (AvgIpc) is 1.93. The molecule has 0 aliphatic rings. The first kappa shape index (κ1) is 8.04. The Bertz CT molecular complexity index is 241. The molecule has 0 unspecified atom stereocenters. The standard InChI is InChI=1S/C6H6BFO3/c8-5-3-1-2-4-6(5)11-7(9)10/h1-4,9-10H. The van der Waals surface area contributed by atoms with Gasteiger partial charge in [-0.25, -0.2) is 4.39 Å². The largest absolute Gasteiger partial charge is 0.707 e. The Balaban J connectivity index is 2.78. The van der Waals surface area contributed by atoms with Crippen molar-refractivity contribution < 1.29 is 19.1 Å². The van der Waals surface area contributed by atoms with Crippen molar-refractivity contribution in [3.63, 3.8) is 0 Å². The number of rotatable bonds is 2. The molecule has 1 aromatic carbocycles. The quantitative estimate of drug-likeness (QED) is 0.600. The van der Waals surface area contributed by atoms with Crippen LogP contribution >= 0.6 is 0 Å². The van der Waals surface area contributed by atoms with E-state index in [-0.39, 0.29) is 5.75 Å². The van der Waals surface area contributed by atoms with Gasteiger partial charge in [0, 0.05) is 0 Å². The molecule has 0 radical (unpaired) electrons. The highest BCUT2D eigenvalue weighted by Crippen LogP contribution is 2.14. The zero-order valence-corrected chi connectivity index (χ0v) is 5.57. The fourth-order valence-electron chi connectivity index (χ4n) is 0.654. The van der Waals surface area contributed by atoms with Gasteiger partial charge in [-0.05, 0) is 12.1 Å². The average molecular weight is 156 g/mol. The van der Waals surface area contributed by atoms with E-state index in [0.717, 1.165) is 6.07 Å². The van der Waals surface area contributed by atoms with Crippen LogP contribution in [0.15, 0.2) is 24.3 Å². The topological polar surface area (TPSA) is 49.7 Å². The van der Waals surface area contributed by atoms with Crippen molar-refractivity contribution in [2.24, 2.45) is 0 Å². The normalized spacial score (nSPS) is 9.36. The van der Waals surface area contributed by atoms with Crippen molar-refractivity contribution in [3.05, 3.63) is 30.1 Å². The molecule has 0 spiro atoms. The van der Waals surface area contributed by atoms with Gasteiger partial charge in [-0.15, -0.1) is 0 Å². The summed E-state index contributed by atoms with van der Waals surface area (Å²) in [7, 11) is -1.98. The Kier molecular flexibility index (Phi) is 2.46. The van der Waals surface area contributed by atoms with Gasteiger partial charge in [0.2, 0.25) is 0 Å². The van der Waals surface area contributed by atoms with Crippen LogP contribution in [0.2, 0.25) is 0 Å². The van der Waals surface area contributed by atoms with Crippen molar-refractivity contribution in [2.45, 2.75) is 0 Å². The first-order chi connectivity index (χ1) is 5.20. The highest BCUT2D eigenvalue weighted by Gasteiger charge is 2.13. The van der Waals surface area contributed by atoms with E-state index in [4.69, 9.17) is 10.0 Å². The highest BCUT2D eigenvalue weighted by molar-refractivity contribution is 6.33. The van der Waals surface area contributed by atoms with E-state index >= 15 is 0 Å². The Morgan fingerprint density at radius 2 is 1.91 bits per heavy atom. The molecular weight excluding hydrogens is 150 g/mol. The van der Waals surface area contributed by atoms with Gasteiger partial charge >= 0.3 is 7.32 Å². The Labute approximate surface area is 63.2 Å². The monoisotopic (exact) mass is 156 g/mol. The van der Waals surface area contributed by atoms with Gasteiger partial charge in [0.25, 0.3) is 0 Å². The summed E-state index contributed by atoms with van der Waals surface area (Å²) in [5.74, 6) is -0.803. The van der Waals surface area contributed by atoms with Crippen LogP contribution < -0.4 is 4.65 Å². The molecule has 1 aromatic rings. The molecule has 0 aliphatic carbocycles. The molecule has 0 heterocycles. The van der Waals surface area contributed by atoms with Gasteiger partial charge in [0.1, 0.15) is 5.75 Å². The molecule has 0 amide bonds. The maximum Gasteiger partial charge on any atom is 0.707 e. The van der Waals surface area contributed by atoms with Crippen molar-refractivity contribution in [1.29, 1.82) is 0 Å². The summed E-state index contributed by atoms with van der Waals surface area (Å²) in [6, 6.07) is 5.47. The first-order valence-electron chi connectivity index (χ1n) is 2.97. The van der Waals surface area contributed by atoms with Crippen LogP contribution in [0.25, 0.3) is 0 Å². The van der Waals surface area contributed by atoms with Crippen LogP contribution in [0.3, 0.4) is 0 Å². The second kappa shape index (κ2) is 3.36. The number of benzene rings is 1. The summed E-state index contributed by atoms with van der Waals surface area (Å²) >= 11 is 0. The van der Waals surface area contributed by atoms with E-state index < -0.39 is 13.1 Å². The predicted octanol–water partition coefficient (Wildman–Crippen LogP) is 0.174. The fraction of sp³-hybridized carbons (Fsp3) is 0. The summed E-state index contributed by atoms with van der Waals surface area (Å²) in [4.78, 5) is 0. The van der Waals surface area contributed by atoms with E-state index in [9.17, 15) is 4.39 Å². The van der Waals surface area contributed by atoms with E-state index in [1.54, 1.807) is 0 Å². The molecule has 0 saturated heterocycles. The van der Waals surface area contributed by atoms with Crippen molar-refractivity contribution in [2.75, 3.05) is 0 Å². The molecular formula is C6H6BFO3. The van der Waals surface area contributed by atoms with Crippen LogP contribution in [0.5, 0.6) is 5.75 Å². The first-order valence-corrected chi connectivity index (χ1v) is 2.97. The molecule has 5 heteroatoms. The van der Waals surface area contributed by atoms with Crippen LogP contribution in [-0.4, -0.2) is 17.4 Å². The molecule has 0 aliphatic heterocycles. The van der Waals surface area contributed by atoms with Gasteiger partial charge in [0.15, 0.2) is 5.82 Å². The number of hydrogen-bond donors (Lipinski definition) is 2. The molecule has 0 atom stereocenters. The molecule has 3 nitrogen and oxygen atoms in total. The van der Waals surface area contributed by atoms with Gasteiger partial charge in [0.05, 0.1) is 0 Å². The predicted molar refractivity (Wildman–Crippen MR) is 37.2 cm³/mol. The minimum Gasteiger partial charge on any atom is -0.510 e. The molecule has 0 saturated carbocycles. The third-order valence-corrected chi connectivity index (χ3v) is 1.07. The minimum absolute atomic E-state index is 0.178. The third kappa shape index (κ3) is 2.21. The smallest absolute Gasteiger partial charge is 0.510 e. The maximum absolute atomic E-state index is 12.6. The lowest BCUT2D eigenvalue weighted by molar-refractivity contribution is 0.282. The Morgan fingerprint density at radius 1 is 1.27 bits per heavy atom. The molecule has 0 fully saturated rings. The zero-order valence-electron chi connectivity index (χ0n) is 5.57. The summed E-state index contributed by atoms with van der Waals surface area (Å²) in [5, 5.41) is 16.6. The third-order valence-electron chi connectivity index (χ3n) is 1.07. The molecule has 0 aromatic heterocycles. The van der Waals surface area contributed by atoms with E-state index in [2.05, 4.69) is 4.65 Å². The van der Waals surface area contributed by atoms with Crippen LogP contribution in [0.4, 0.5) is 4.39 Å². The molecule has 1 rings (SSSR count). The van der Waals surface area contributed by atoms with Crippen molar-refractivity contribution >= 4 is 7.32 Å². The van der Waals surface area contributed by atoms with Crippen LogP contribution in [0.1, 0.15) is 0 Å². The molecule has 0 bridgehead atoms.